The second kappa shape index (κ2) is 8.32. The van der Waals surface area contributed by atoms with Crippen LogP contribution in [0.15, 0.2) is 16.7 Å². The highest BCUT2D eigenvalue weighted by molar-refractivity contribution is 9.10. The predicted molar refractivity (Wildman–Crippen MR) is 103 cm³/mol. The van der Waals surface area contributed by atoms with Crippen molar-refractivity contribution in [2.24, 2.45) is 5.92 Å². The summed E-state index contributed by atoms with van der Waals surface area (Å²) in [6, 6.07) is 5.05. The first-order valence-corrected chi connectivity index (χ1v) is 9.86. The molecule has 0 aromatic carbocycles. The normalized spacial score (nSPS) is 18.5. The summed E-state index contributed by atoms with van der Waals surface area (Å²) < 4.78 is 6.32. The quantitative estimate of drug-likeness (QED) is 0.786. The maximum Gasteiger partial charge on any atom is 0.294 e. The van der Waals surface area contributed by atoms with E-state index in [1.807, 2.05) is 6.92 Å². The molecule has 1 unspecified atom stereocenters. The average molecular weight is 407 g/mol. The van der Waals surface area contributed by atoms with E-state index in [1.54, 1.807) is 0 Å². The molecule has 0 aliphatic carbocycles. The van der Waals surface area contributed by atoms with Crippen LogP contribution >= 0.6 is 15.9 Å². The minimum absolute atomic E-state index is 0.598. The van der Waals surface area contributed by atoms with Crippen molar-refractivity contribution >= 4 is 15.9 Å². The number of rotatable bonds is 6. The molecule has 1 atom stereocenters. The molecule has 6 heteroatoms. The van der Waals surface area contributed by atoms with Gasteiger partial charge in [-0.1, -0.05) is 0 Å². The molecule has 1 saturated heterocycles. The minimum atomic E-state index is 0.598. The lowest BCUT2D eigenvalue weighted by molar-refractivity contribution is 0.165. The van der Waals surface area contributed by atoms with E-state index < -0.39 is 0 Å². The molecule has 0 amide bonds. The van der Waals surface area contributed by atoms with E-state index in [0.29, 0.717) is 18.5 Å². The number of aromatic nitrogens is 3. The lowest BCUT2D eigenvalue weighted by atomic mass is 9.91. The summed E-state index contributed by atoms with van der Waals surface area (Å²) in [5.41, 5.74) is 4.75. The number of hydrogen-bond acceptors (Lipinski definition) is 4. The predicted octanol–water partition coefficient (Wildman–Crippen LogP) is 4.04. The van der Waals surface area contributed by atoms with Gasteiger partial charge in [-0.05, 0) is 86.1 Å². The molecule has 5 nitrogen and oxygen atoms in total. The van der Waals surface area contributed by atoms with Gasteiger partial charge < -0.3 is 9.72 Å². The number of nitrogens with one attached hydrogen (secondary N) is 1. The number of nitrogens with zero attached hydrogens (tertiary/aromatic N) is 3. The summed E-state index contributed by atoms with van der Waals surface area (Å²) in [4.78, 5) is 14.7. The molecule has 0 radical (unpaired) electrons. The van der Waals surface area contributed by atoms with Crippen molar-refractivity contribution in [1.82, 2.24) is 19.9 Å². The maximum absolute atomic E-state index is 5.46. The number of H-pyrrole nitrogens is 1. The van der Waals surface area contributed by atoms with Crippen molar-refractivity contribution in [2.75, 3.05) is 19.7 Å². The van der Waals surface area contributed by atoms with Crippen LogP contribution in [-0.4, -0.2) is 39.5 Å². The van der Waals surface area contributed by atoms with Crippen LogP contribution in [0, 0.1) is 19.8 Å². The van der Waals surface area contributed by atoms with E-state index in [2.05, 4.69) is 61.8 Å². The van der Waals surface area contributed by atoms with Gasteiger partial charge >= 0.3 is 0 Å². The van der Waals surface area contributed by atoms with Crippen molar-refractivity contribution in [3.63, 3.8) is 0 Å². The average Bonchev–Trinajstić information content (AvgIpc) is 2.86. The second-order valence-electron chi connectivity index (χ2n) is 6.95. The smallest absolute Gasteiger partial charge is 0.294 e. The van der Waals surface area contributed by atoms with E-state index in [1.165, 1.54) is 18.4 Å². The summed E-state index contributed by atoms with van der Waals surface area (Å²) in [6.45, 7) is 9.89. The third-order valence-corrected chi connectivity index (χ3v) is 5.29. The molecule has 1 aliphatic heterocycles. The fourth-order valence-corrected chi connectivity index (χ4v) is 4.12. The van der Waals surface area contributed by atoms with E-state index in [-0.39, 0.29) is 0 Å². The van der Waals surface area contributed by atoms with Crippen molar-refractivity contribution in [3.8, 4) is 6.01 Å². The van der Waals surface area contributed by atoms with E-state index in [0.717, 1.165) is 47.7 Å². The van der Waals surface area contributed by atoms with Gasteiger partial charge in [0.25, 0.3) is 6.01 Å². The molecular weight excluding hydrogens is 380 g/mol. The second-order valence-corrected chi connectivity index (χ2v) is 7.70. The van der Waals surface area contributed by atoms with Crippen LogP contribution in [0.25, 0.3) is 0 Å². The van der Waals surface area contributed by atoms with Crippen LogP contribution in [0.5, 0.6) is 6.01 Å². The molecule has 2 aromatic rings. The summed E-state index contributed by atoms with van der Waals surface area (Å²) in [5, 5.41) is 0. The fourth-order valence-electron chi connectivity index (χ4n) is 3.73. The van der Waals surface area contributed by atoms with Crippen LogP contribution < -0.4 is 4.74 Å². The highest BCUT2D eigenvalue weighted by Gasteiger charge is 2.22. The summed E-state index contributed by atoms with van der Waals surface area (Å²) in [5.74, 6) is 0.697. The monoisotopic (exact) mass is 406 g/mol. The molecule has 0 saturated carbocycles. The fraction of sp³-hybridized carbons (Fsp3) is 0.579. The third-order valence-electron chi connectivity index (χ3n) is 4.64. The van der Waals surface area contributed by atoms with E-state index >= 15 is 0 Å². The molecule has 136 valence electrons. The zero-order valence-corrected chi connectivity index (χ0v) is 16.9. The maximum atomic E-state index is 5.46. The standard InChI is InChI=1S/C19H27BrN4O/c1-4-25-19-22-17(18(20)23-19)12-24-7-5-6-15(11-24)10-16-8-13(2)21-14(3)9-16/h8-9,15H,4-7,10-12H2,1-3H3,(H,22,23). The van der Waals surface area contributed by atoms with Gasteiger partial charge in [0.15, 0.2) is 0 Å². The first kappa shape index (κ1) is 18.4. The number of hydrogen-bond donors (Lipinski definition) is 1. The summed E-state index contributed by atoms with van der Waals surface area (Å²) >= 11 is 3.54. The van der Waals surface area contributed by atoms with Crippen LogP contribution in [0.1, 0.15) is 42.4 Å². The van der Waals surface area contributed by atoms with Crippen LogP contribution in [0.2, 0.25) is 0 Å². The van der Waals surface area contributed by atoms with Crippen molar-refractivity contribution < 1.29 is 4.74 Å². The van der Waals surface area contributed by atoms with E-state index in [9.17, 15) is 0 Å². The molecule has 0 spiro atoms. The van der Waals surface area contributed by atoms with Gasteiger partial charge in [0, 0.05) is 24.5 Å². The molecule has 1 aliphatic rings. The summed E-state index contributed by atoms with van der Waals surface area (Å²) in [6.07, 6.45) is 3.68. The molecule has 0 bridgehead atoms. The molecular formula is C19H27BrN4O. The number of aromatic amines is 1. The number of ether oxygens (including phenoxy) is 1. The number of aryl methyl sites for hydroxylation is 2. The Morgan fingerprint density at radius 2 is 2.04 bits per heavy atom. The van der Waals surface area contributed by atoms with Gasteiger partial charge in [-0.25, -0.2) is 0 Å². The SMILES string of the molecule is CCOc1nc(Br)c(CN2CCCC(Cc3cc(C)nc(C)c3)C2)[nH]1. The van der Waals surface area contributed by atoms with E-state index in [4.69, 9.17) is 4.74 Å². The number of imidazole rings is 1. The first-order valence-electron chi connectivity index (χ1n) is 9.07. The highest BCUT2D eigenvalue weighted by Crippen LogP contribution is 2.25. The summed E-state index contributed by atoms with van der Waals surface area (Å²) in [7, 11) is 0. The Hall–Kier alpha value is -1.40. The van der Waals surface area contributed by atoms with Crippen LogP contribution in [-0.2, 0) is 13.0 Å². The lowest BCUT2D eigenvalue weighted by Gasteiger charge is -2.32. The van der Waals surface area contributed by atoms with Gasteiger partial charge in [0.1, 0.15) is 4.60 Å². The highest BCUT2D eigenvalue weighted by atomic mass is 79.9. The molecule has 25 heavy (non-hydrogen) atoms. The molecule has 1 N–H and O–H groups in total. The Labute approximate surface area is 158 Å². The Kier molecular flexibility index (Phi) is 6.12. The third kappa shape index (κ3) is 5.05. The van der Waals surface area contributed by atoms with Crippen molar-refractivity contribution in [1.29, 1.82) is 0 Å². The Morgan fingerprint density at radius 3 is 2.76 bits per heavy atom. The first-order chi connectivity index (χ1) is 12.0. The van der Waals surface area contributed by atoms with Crippen LogP contribution in [0.4, 0.5) is 0 Å². The van der Waals surface area contributed by atoms with Gasteiger partial charge in [-0.3, -0.25) is 9.88 Å². The Bertz CT molecular complexity index is 695. The lowest BCUT2D eigenvalue weighted by Crippen LogP contribution is -2.36. The number of pyridine rings is 1. The molecule has 1 fully saturated rings. The number of halogens is 1. The van der Waals surface area contributed by atoms with Crippen molar-refractivity contribution in [3.05, 3.63) is 39.4 Å². The zero-order chi connectivity index (χ0) is 17.8. The zero-order valence-electron chi connectivity index (χ0n) is 15.3. The number of likely N-dealkylation sites (tertiary alicyclic amines) is 1. The Morgan fingerprint density at radius 1 is 1.28 bits per heavy atom. The van der Waals surface area contributed by atoms with Crippen LogP contribution in [0.3, 0.4) is 0 Å². The molecule has 3 heterocycles. The van der Waals surface area contributed by atoms with Gasteiger partial charge in [-0.15, -0.1) is 0 Å². The molecule has 2 aromatic heterocycles. The van der Waals surface area contributed by atoms with Gasteiger partial charge in [0.05, 0.1) is 12.3 Å². The molecule has 3 rings (SSSR count). The number of piperidine rings is 1. The largest absolute Gasteiger partial charge is 0.465 e. The Balaban J connectivity index is 1.61. The van der Waals surface area contributed by atoms with Crippen molar-refractivity contribution in [2.45, 2.75) is 46.6 Å². The minimum Gasteiger partial charge on any atom is -0.465 e. The topological polar surface area (TPSA) is 54.0 Å². The van der Waals surface area contributed by atoms with Gasteiger partial charge in [0.2, 0.25) is 0 Å². The van der Waals surface area contributed by atoms with Gasteiger partial charge in [-0.2, -0.15) is 4.98 Å².